The van der Waals surface area contributed by atoms with Crippen LogP contribution in [0.15, 0.2) is 0 Å². The molecule has 2 aliphatic rings. The van der Waals surface area contributed by atoms with Crippen molar-refractivity contribution in [2.75, 3.05) is 59.6 Å². The Balaban J connectivity index is 1.63. The van der Waals surface area contributed by atoms with Crippen LogP contribution >= 0.6 is 0 Å². The maximum Gasteiger partial charge on any atom is 0.305 e. The van der Waals surface area contributed by atoms with Gasteiger partial charge in [0.25, 0.3) is 0 Å². The number of hydrogen-bond acceptors (Lipinski definition) is 8. The third-order valence-corrected chi connectivity index (χ3v) is 13.8. The summed E-state index contributed by atoms with van der Waals surface area (Å²) in [5.74, 6) is 0.964. The van der Waals surface area contributed by atoms with Crippen molar-refractivity contribution in [3.63, 3.8) is 0 Å². The number of esters is 2. The third-order valence-electron chi connectivity index (χ3n) is 13.8. The minimum absolute atomic E-state index is 0.00533. The molecular formula is C53H102N2O6. The fraction of sp³-hybridized carbons (Fsp3) is 0.962. The number of carbonyl (C=O) groups excluding carboxylic acids is 2. The lowest BCUT2D eigenvalue weighted by Gasteiger charge is -2.34. The molecule has 0 amide bonds. The van der Waals surface area contributed by atoms with Crippen LogP contribution in [0.5, 0.6) is 0 Å². The Morgan fingerprint density at radius 3 is 1.33 bits per heavy atom. The normalized spacial score (nSPS) is 17.2. The predicted molar refractivity (Wildman–Crippen MR) is 256 cm³/mol. The van der Waals surface area contributed by atoms with Gasteiger partial charge in [-0.15, -0.1) is 0 Å². The van der Waals surface area contributed by atoms with Crippen molar-refractivity contribution in [1.82, 2.24) is 9.80 Å². The van der Waals surface area contributed by atoms with Gasteiger partial charge in [0.1, 0.15) is 0 Å². The lowest BCUT2D eigenvalue weighted by molar-refractivity contribution is -0.181. The van der Waals surface area contributed by atoms with Crippen molar-refractivity contribution in [2.24, 2.45) is 11.8 Å². The van der Waals surface area contributed by atoms with Crippen LogP contribution in [0.3, 0.4) is 0 Å². The summed E-state index contributed by atoms with van der Waals surface area (Å²) in [7, 11) is 2.21. The Hall–Kier alpha value is -1.22. The number of likely N-dealkylation sites (N-methyl/N-ethyl adjacent to an activating group) is 1. The standard InChI is InChI=1S/C53H102N2O6/c1-6-10-22-30-48(31-23-11-7-2)36-44-58-51(56)34-26-18-14-16-20-28-38-53(60-47-50(61-53)46-55-42-40-54(5)41-43-55)39-29-21-17-15-19-27-35-52(57)59-45-37-49(32-24-12-8-3)33-25-13-9-4/h48-50H,6-47H2,1-5H3. The zero-order valence-electron chi connectivity index (χ0n) is 41.3. The highest BCUT2D eigenvalue weighted by molar-refractivity contribution is 5.69. The summed E-state index contributed by atoms with van der Waals surface area (Å²) in [5, 5.41) is 0. The van der Waals surface area contributed by atoms with E-state index < -0.39 is 5.79 Å². The van der Waals surface area contributed by atoms with Gasteiger partial charge < -0.3 is 23.8 Å². The van der Waals surface area contributed by atoms with Crippen LogP contribution in [0.1, 0.15) is 246 Å². The van der Waals surface area contributed by atoms with Gasteiger partial charge in [-0.2, -0.15) is 0 Å². The first-order chi connectivity index (χ1) is 29.8. The molecule has 0 aromatic rings. The van der Waals surface area contributed by atoms with E-state index in [0.717, 1.165) is 96.9 Å². The van der Waals surface area contributed by atoms with Gasteiger partial charge in [0.15, 0.2) is 5.79 Å². The minimum Gasteiger partial charge on any atom is -0.466 e. The van der Waals surface area contributed by atoms with E-state index in [-0.39, 0.29) is 18.0 Å². The Morgan fingerprint density at radius 1 is 0.525 bits per heavy atom. The Bertz CT molecular complexity index is 941. The van der Waals surface area contributed by atoms with Gasteiger partial charge in [0.2, 0.25) is 0 Å². The number of piperazine rings is 1. The van der Waals surface area contributed by atoms with Crippen LogP contribution in [0.2, 0.25) is 0 Å². The van der Waals surface area contributed by atoms with E-state index in [1.807, 2.05) is 0 Å². The molecule has 0 saturated carbocycles. The highest BCUT2D eigenvalue weighted by Crippen LogP contribution is 2.35. The predicted octanol–water partition coefficient (Wildman–Crippen LogP) is 14.0. The van der Waals surface area contributed by atoms with Crippen LogP contribution < -0.4 is 0 Å². The number of carbonyl (C=O) groups is 2. The van der Waals surface area contributed by atoms with Gasteiger partial charge in [-0.05, 0) is 57.4 Å². The van der Waals surface area contributed by atoms with E-state index in [0.29, 0.717) is 44.5 Å². The average molecular weight is 863 g/mol. The number of nitrogens with zero attached hydrogens (tertiary/aromatic N) is 2. The molecule has 8 heteroatoms. The Kier molecular flexibility index (Phi) is 34.9. The molecule has 0 aromatic carbocycles. The molecule has 0 aromatic heterocycles. The van der Waals surface area contributed by atoms with Crippen molar-refractivity contribution in [2.45, 2.75) is 258 Å². The van der Waals surface area contributed by atoms with Crippen molar-refractivity contribution < 1.29 is 28.5 Å². The quantitative estimate of drug-likeness (QED) is 0.0444. The largest absolute Gasteiger partial charge is 0.466 e. The highest BCUT2D eigenvalue weighted by Gasteiger charge is 2.41. The lowest BCUT2D eigenvalue weighted by Crippen LogP contribution is -2.47. The van der Waals surface area contributed by atoms with Crippen LogP contribution in [0.4, 0.5) is 0 Å². The SMILES string of the molecule is CCCCCC(CCCCC)CCOC(=O)CCCCCCCCC1(CCCCCCCCC(=O)OCCC(CCCCC)CCCCC)OCC(CN2CCN(C)CC2)O1. The van der Waals surface area contributed by atoms with E-state index in [1.165, 1.54) is 141 Å². The molecule has 0 radical (unpaired) electrons. The van der Waals surface area contributed by atoms with Crippen molar-refractivity contribution in [3.8, 4) is 0 Å². The van der Waals surface area contributed by atoms with Crippen LogP contribution in [-0.2, 0) is 28.5 Å². The minimum atomic E-state index is -0.444. The molecule has 8 nitrogen and oxygen atoms in total. The molecule has 2 heterocycles. The van der Waals surface area contributed by atoms with E-state index in [9.17, 15) is 9.59 Å². The average Bonchev–Trinajstić information content (AvgIpc) is 3.65. The smallest absolute Gasteiger partial charge is 0.305 e. The molecule has 2 aliphatic heterocycles. The lowest BCUT2D eigenvalue weighted by atomic mass is 9.92. The second kappa shape index (κ2) is 38.1. The van der Waals surface area contributed by atoms with Gasteiger partial charge in [-0.25, -0.2) is 0 Å². The van der Waals surface area contributed by atoms with Gasteiger partial charge in [-0.3, -0.25) is 14.5 Å². The summed E-state index contributed by atoms with van der Waals surface area (Å²) in [4.78, 5) is 29.9. The van der Waals surface area contributed by atoms with Gasteiger partial charge in [-0.1, -0.05) is 182 Å². The van der Waals surface area contributed by atoms with E-state index >= 15 is 0 Å². The topological polar surface area (TPSA) is 77.5 Å². The monoisotopic (exact) mass is 863 g/mol. The second-order valence-electron chi connectivity index (χ2n) is 19.5. The van der Waals surface area contributed by atoms with Gasteiger partial charge >= 0.3 is 11.9 Å². The molecule has 360 valence electrons. The molecule has 0 spiro atoms. The highest BCUT2D eigenvalue weighted by atomic mass is 16.7. The number of rotatable bonds is 42. The third kappa shape index (κ3) is 29.8. The van der Waals surface area contributed by atoms with Crippen LogP contribution in [0.25, 0.3) is 0 Å². The first-order valence-corrected chi connectivity index (χ1v) is 26.9. The summed E-state index contributed by atoms with van der Waals surface area (Å²) in [5.41, 5.74) is 0. The summed E-state index contributed by atoms with van der Waals surface area (Å²) in [6, 6.07) is 0. The Labute approximate surface area is 378 Å². The fourth-order valence-electron chi connectivity index (χ4n) is 9.58. The molecule has 0 aliphatic carbocycles. The molecule has 1 atom stereocenters. The first kappa shape index (κ1) is 55.9. The van der Waals surface area contributed by atoms with Crippen molar-refractivity contribution >= 4 is 11.9 Å². The first-order valence-electron chi connectivity index (χ1n) is 26.9. The molecule has 61 heavy (non-hydrogen) atoms. The molecular weight excluding hydrogens is 761 g/mol. The van der Waals surface area contributed by atoms with Gasteiger partial charge in [0, 0.05) is 58.4 Å². The van der Waals surface area contributed by atoms with E-state index in [4.69, 9.17) is 18.9 Å². The van der Waals surface area contributed by atoms with Crippen LogP contribution in [0, 0.1) is 11.8 Å². The van der Waals surface area contributed by atoms with E-state index in [2.05, 4.69) is 44.5 Å². The van der Waals surface area contributed by atoms with Gasteiger partial charge in [0.05, 0.1) is 25.9 Å². The molecule has 0 N–H and O–H groups in total. The molecule has 2 fully saturated rings. The number of unbranched alkanes of at least 4 members (excludes halogenated alkanes) is 18. The summed E-state index contributed by atoms with van der Waals surface area (Å²) >= 11 is 0. The molecule has 2 rings (SSSR count). The molecule has 0 bridgehead atoms. The second-order valence-corrected chi connectivity index (χ2v) is 19.5. The van der Waals surface area contributed by atoms with Crippen molar-refractivity contribution in [3.05, 3.63) is 0 Å². The summed E-state index contributed by atoms with van der Waals surface area (Å²) in [6.07, 6.45) is 39.3. The fourth-order valence-corrected chi connectivity index (χ4v) is 9.58. The van der Waals surface area contributed by atoms with Crippen LogP contribution in [-0.4, -0.2) is 93.2 Å². The maximum atomic E-state index is 12.5. The maximum absolute atomic E-state index is 12.5. The Morgan fingerprint density at radius 2 is 0.918 bits per heavy atom. The molecule has 2 saturated heterocycles. The number of ether oxygens (including phenoxy) is 4. The summed E-state index contributed by atoms with van der Waals surface area (Å²) < 4.78 is 24.8. The van der Waals surface area contributed by atoms with Crippen molar-refractivity contribution in [1.29, 1.82) is 0 Å². The zero-order valence-corrected chi connectivity index (χ0v) is 41.3. The molecule has 1 unspecified atom stereocenters. The zero-order chi connectivity index (χ0) is 44.1. The van der Waals surface area contributed by atoms with E-state index in [1.54, 1.807) is 0 Å². The number of hydrogen-bond donors (Lipinski definition) is 0. The summed E-state index contributed by atoms with van der Waals surface area (Å²) in [6.45, 7) is 16.4.